The Kier molecular flexibility index (Phi) is 7.21. The summed E-state index contributed by atoms with van der Waals surface area (Å²) in [5, 5.41) is 9.68. The Morgan fingerprint density at radius 2 is 1.72 bits per heavy atom. The molecule has 1 amide bonds. The minimum Gasteiger partial charge on any atom is -0.493 e. The molecule has 1 atom stereocenters. The van der Waals surface area contributed by atoms with Crippen LogP contribution in [0, 0.1) is 0 Å². The number of nitrogens with zero attached hydrogens (tertiary/aromatic N) is 2. The molecule has 1 fully saturated rings. The van der Waals surface area contributed by atoms with Gasteiger partial charge in [-0.05, 0) is 17.7 Å². The molecule has 0 aliphatic carbocycles. The molecular weight excluding hydrogens is 440 g/mol. The molecule has 0 bridgehead atoms. The maximum Gasteiger partial charge on any atom is 0.410 e. The molecule has 1 N–H and O–H groups in total. The molecule has 10 nitrogen and oxygen atoms in total. The van der Waals surface area contributed by atoms with Crippen molar-refractivity contribution in [3.05, 3.63) is 54.1 Å². The highest BCUT2D eigenvalue weighted by Crippen LogP contribution is 2.31. The van der Waals surface area contributed by atoms with E-state index < -0.39 is 28.1 Å². The van der Waals surface area contributed by atoms with Gasteiger partial charge < -0.3 is 24.2 Å². The molecule has 2 aromatic carbocycles. The van der Waals surface area contributed by atoms with Gasteiger partial charge in [0.2, 0.25) is 10.0 Å². The number of hydrogen-bond acceptors (Lipinski definition) is 7. The van der Waals surface area contributed by atoms with Crippen molar-refractivity contribution in [2.75, 3.05) is 33.9 Å². The molecule has 32 heavy (non-hydrogen) atoms. The van der Waals surface area contributed by atoms with Gasteiger partial charge in [-0.2, -0.15) is 4.31 Å². The summed E-state index contributed by atoms with van der Waals surface area (Å²) >= 11 is 0. The van der Waals surface area contributed by atoms with Gasteiger partial charge in [0.1, 0.15) is 12.6 Å². The summed E-state index contributed by atoms with van der Waals surface area (Å²) in [5.41, 5.74) is 0.783. The molecule has 1 unspecified atom stereocenters. The van der Waals surface area contributed by atoms with Crippen molar-refractivity contribution in [2.45, 2.75) is 17.5 Å². The highest BCUT2D eigenvalue weighted by molar-refractivity contribution is 7.89. The minimum atomic E-state index is -4.18. The molecule has 1 saturated heterocycles. The first-order valence-corrected chi connectivity index (χ1v) is 11.1. The summed E-state index contributed by atoms with van der Waals surface area (Å²) < 4.78 is 42.8. The average molecular weight is 464 g/mol. The van der Waals surface area contributed by atoms with E-state index in [1.165, 1.54) is 37.3 Å². The lowest BCUT2D eigenvalue weighted by molar-refractivity contribution is -0.143. The SMILES string of the molecule is COc1ccc(S(=O)(=O)N2CCN(C(=O)OCc3ccccc3)CC2C(=O)O)cc1OC. The number of amides is 1. The number of hydrogen-bond donors (Lipinski definition) is 1. The zero-order valence-electron chi connectivity index (χ0n) is 17.6. The van der Waals surface area contributed by atoms with Crippen LogP contribution in [0.1, 0.15) is 5.56 Å². The van der Waals surface area contributed by atoms with Crippen molar-refractivity contribution in [1.82, 2.24) is 9.21 Å². The molecule has 1 aliphatic rings. The van der Waals surface area contributed by atoms with Crippen molar-refractivity contribution < 1.29 is 37.3 Å². The van der Waals surface area contributed by atoms with E-state index in [0.717, 1.165) is 9.87 Å². The van der Waals surface area contributed by atoms with Crippen LogP contribution in [0.3, 0.4) is 0 Å². The zero-order chi connectivity index (χ0) is 23.3. The van der Waals surface area contributed by atoms with E-state index in [2.05, 4.69) is 0 Å². The maximum absolute atomic E-state index is 13.2. The highest BCUT2D eigenvalue weighted by atomic mass is 32.2. The van der Waals surface area contributed by atoms with Crippen LogP contribution in [0.4, 0.5) is 4.79 Å². The summed E-state index contributed by atoms with van der Waals surface area (Å²) in [4.78, 5) is 25.4. The van der Waals surface area contributed by atoms with Crippen LogP contribution in [0.2, 0.25) is 0 Å². The van der Waals surface area contributed by atoms with Gasteiger partial charge in [0, 0.05) is 19.2 Å². The summed E-state index contributed by atoms with van der Waals surface area (Å²) in [7, 11) is -1.39. The lowest BCUT2D eigenvalue weighted by atomic mass is 10.2. The first-order valence-electron chi connectivity index (χ1n) is 9.70. The second kappa shape index (κ2) is 9.88. The molecule has 1 heterocycles. The molecule has 3 rings (SSSR count). The molecule has 0 radical (unpaired) electrons. The Balaban J connectivity index is 1.76. The van der Waals surface area contributed by atoms with Crippen molar-refractivity contribution in [3.63, 3.8) is 0 Å². The number of sulfonamides is 1. The first kappa shape index (κ1) is 23.4. The Bertz CT molecular complexity index is 1070. The molecule has 0 saturated carbocycles. The summed E-state index contributed by atoms with van der Waals surface area (Å²) in [6, 6.07) is 11.6. The van der Waals surface area contributed by atoms with Crippen LogP contribution in [0.5, 0.6) is 11.5 Å². The molecule has 0 spiro atoms. The van der Waals surface area contributed by atoms with E-state index in [-0.39, 0.29) is 36.9 Å². The number of carboxylic acid groups (broad SMARTS) is 1. The van der Waals surface area contributed by atoms with E-state index in [4.69, 9.17) is 14.2 Å². The number of rotatable bonds is 7. The second-order valence-electron chi connectivity index (χ2n) is 6.97. The smallest absolute Gasteiger partial charge is 0.410 e. The van der Waals surface area contributed by atoms with Crippen LogP contribution in [0.15, 0.2) is 53.4 Å². The van der Waals surface area contributed by atoms with Crippen molar-refractivity contribution in [1.29, 1.82) is 0 Å². The number of ether oxygens (including phenoxy) is 3. The van der Waals surface area contributed by atoms with Gasteiger partial charge in [0.05, 0.1) is 25.7 Å². The van der Waals surface area contributed by atoms with Gasteiger partial charge in [0.25, 0.3) is 0 Å². The molecule has 1 aliphatic heterocycles. The molecular formula is C21H24N2O8S. The van der Waals surface area contributed by atoms with Crippen LogP contribution in [0.25, 0.3) is 0 Å². The summed E-state index contributed by atoms with van der Waals surface area (Å²) in [6.07, 6.45) is -0.705. The Morgan fingerprint density at radius 1 is 1.03 bits per heavy atom. The molecule has 0 aromatic heterocycles. The molecule has 172 valence electrons. The van der Waals surface area contributed by atoms with Crippen molar-refractivity contribution in [3.8, 4) is 11.5 Å². The van der Waals surface area contributed by atoms with Gasteiger partial charge in [-0.3, -0.25) is 4.79 Å². The lowest BCUT2D eigenvalue weighted by Gasteiger charge is -2.37. The van der Waals surface area contributed by atoms with Crippen molar-refractivity contribution in [2.24, 2.45) is 0 Å². The quantitative estimate of drug-likeness (QED) is 0.658. The number of piperazine rings is 1. The van der Waals surface area contributed by atoms with Crippen molar-refractivity contribution >= 4 is 22.1 Å². The number of methoxy groups -OCH3 is 2. The van der Waals surface area contributed by atoms with E-state index in [0.29, 0.717) is 5.75 Å². The van der Waals surface area contributed by atoms with E-state index in [1.807, 2.05) is 6.07 Å². The third-order valence-corrected chi connectivity index (χ3v) is 6.95. The number of carbonyl (C=O) groups excluding carboxylic acids is 1. The number of aliphatic carboxylic acids is 1. The Hall–Kier alpha value is -3.31. The van der Waals surface area contributed by atoms with E-state index >= 15 is 0 Å². The lowest BCUT2D eigenvalue weighted by Crippen LogP contribution is -2.59. The normalized spacial score (nSPS) is 16.9. The number of carbonyl (C=O) groups is 2. The largest absolute Gasteiger partial charge is 0.493 e. The standard InChI is InChI=1S/C21H24N2O8S/c1-29-18-9-8-16(12-19(18)30-2)32(27,28)23-11-10-22(13-17(23)20(24)25)21(26)31-14-15-6-4-3-5-7-15/h3-9,12,17H,10-11,13-14H2,1-2H3,(H,24,25). The number of benzene rings is 2. The topological polar surface area (TPSA) is 123 Å². The fraction of sp³-hybridized carbons (Fsp3) is 0.333. The maximum atomic E-state index is 13.2. The van der Waals surface area contributed by atoms with E-state index in [9.17, 15) is 23.1 Å². The fourth-order valence-electron chi connectivity index (χ4n) is 3.34. The van der Waals surface area contributed by atoms with Gasteiger partial charge in [-0.1, -0.05) is 30.3 Å². The van der Waals surface area contributed by atoms with E-state index in [1.54, 1.807) is 24.3 Å². The van der Waals surface area contributed by atoms with Crippen LogP contribution in [-0.4, -0.2) is 74.7 Å². The second-order valence-corrected chi connectivity index (χ2v) is 8.86. The predicted molar refractivity (Wildman–Crippen MR) is 113 cm³/mol. The summed E-state index contributed by atoms with van der Waals surface area (Å²) in [6.45, 7) is -0.519. The van der Waals surface area contributed by atoms with Gasteiger partial charge in [-0.15, -0.1) is 0 Å². The molecule has 2 aromatic rings. The predicted octanol–water partition coefficient (Wildman–Crippen LogP) is 1.80. The number of carboxylic acids is 1. The minimum absolute atomic E-state index is 0.01000. The molecule has 11 heteroatoms. The Morgan fingerprint density at radius 3 is 2.34 bits per heavy atom. The fourth-order valence-corrected chi connectivity index (χ4v) is 4.92. The summed E-state index contributed by atoms with van der Waals surface area (Å²) in [5.74, 6) is -0.828. The van der Waals surface area contributed by atoms with Gasteiger partial charge in [-0.25, -0.2) is 13.2 Å². The third-order valence-electron chi connectivity index (χ3n) is 5.04. The Labute approximate surface area is 186 Å². The van der Waals surface area contributed by atoms with Crippen LogP contribution in [-0.2, 0) is 26.2 Å². The van der Waals surface area contributed by atoms with Gasteiger partial charge in [0.15, 0.2) is 11.5 Å². The van der Waals surface area contributed by atoms with Gasteiger partial charge >= 0.3 is 12.1 Å². The monoisotopic (exact) mass is 464 g/mol. The van der Waals surface area contributed by atoms with Crippen LogP contribution < -0.4 is 9.47 Å². The highest BCUT2D eigenvalue weighted by Gasteiger charge is 2.42. The van der Waals surface area contributed by atoms with Crippen LogP contribution >= 0.6 is 0 Å². The first-order chi connectivity index (χ1) is 15.3. The third kappa shape index (κ3) is 4.94. The average Bonchev–Trinajstić information content (AvgIpc) is 2.82. The zero-order valence-corrected chi connectivity index (χ0v) is 18.4.